The van der Waals surface area contributed by atoms with Crippen molar-refractivity contribution in [1.29, 1.82) is 0 Å². The minimum absolute atomic E-state index is 0.0420. The van der Waals surface area contributed by atoms with Crippen molar-refractivity contribution in [3.63, 3.8) is 0 Å². The summed E-state index contributed by atoms with van der Waals surface area (Å²) in [7, 11) is 0. The molecule has 0 aromatic heterocycles. The van der Waals surface area contributed by atoms with E-state index in [-0.39, 0.29) is 13.2 Å². The molecule has 0 aliphatic rings. The highest BCUT2D eigenvalue weighted by atomic mass is 16.5. The van der Waals surface area contributed by atoms with Crippen molar-refractivity contribution in [2.45, 2.75) is 33.0 Å². The Hall–Kier alpha value is -0.650. The van der Waals surface area contributed by atoms with Crippen molar-refractivity contribution < 1.29 is 20.1 Å². The Morgan fingerprint density at radius 1 is 1.29 bits per heavy atom. The van der Waals surface area contributed by atoms with Crippen molar-refractivity contribution in [2.75, 3.05) is 13.2 Å². The number of nitrogens with one attached hydrogen (secondary N) is 1. The highest BCUT2D eigenvalue weighted by Crippen LogP contribution is 2.27. The number of carbonyl (C=O) groups is 1. The molecule has 0 aliphatic carbocycles. The molecule has 0 rings (SSSR count). The van der Waals surface area contributed by atoms with Crippen LogP contribution in [0.5, 0.6) is 0 Å². The molecule has 0 fully saturated rings. The van der Waals surface area contributed by atoms with Crippen LogP contribution in [0, 0.1) is 5.41 Å². The molecular formula is C9H19NO4. The van der Waals surface area contributed by atoms with Crippen LogP contribution in [0.3, 0.4) is 0 Å². The van der Waals surface area contributed by atoms with Crippen LogP contribution in [0.25, 0.3) is 0 Å². The van der Waals surface area contributed by atoms with Crippen molar-refractivity contribution in [3.05, 3.63) is 0 Å². The molecule has 0 heterocycles. The van der Waals surface area contributed by atoms with Crippen LogP contribution in [0.1, 0.15) is 27.2 Å². The Kier molecular flexibility index (Phi) is 4.51. The Labute approximate surface area is 83.8 Å². The van der Waals surface area contributed by atoms with Gasteiger partial charge in [0.25, 0.3) is 5.91 Å². The lowest BCUT2D eigenvalue weighted by Crippen LogP contribution is -2.55. The molecule has 5 nitrogen and oxygen atoms in total. The predicted molar refractivity (Wildman–Crippen MR) is 51.3 cm³/mol. The Morgan fingerprint density at radius 3 is 2.14 bits per heavy atom. The van der Waals surface area contributed by atoms with Crippen molar-refractivity contribution >= 4 is 5.91 Å². The van der Waals surface area contributed by atoms with E-state index in [2.05, 4.69) is 5.32 Å². The lowest BCUT2D eigenvalue weighted by Gasteiger charge is -2.33. The van der Waals surface area contributed by atoms with E-state index in [9.17, 15) is 15.0 Å². The molecule has 84 valence electrons. The van der Waals surface area contributed by atoms with Crippen molar-refractivity contribution in [1.82, 2.24) is 5.32 Å². The lowest BCUT2D eigenvalue weighted by atomic mass is 9.85. The molecule has 0 saturated carbocycles. The highest BCUT2D eigenvalue weighted by molar-refractivity contribution is 5.83. The van der Waals surface area contributed by atoms with Gasteiger partial charge >= 0.3 is 0 Å². The summed E-state index contributed by atoms with van der Waals surface area (Å²) in [5.74, 6) is -3.22. The zero-order valence-corrected chi connectivity index (χ0v) is 8.87. The molecule has 4 N–H and O–H groups in total. The second-order valence-corrected chi connectivity index (χ2v) is 4.26. The summed E-state index contributed by atoms with van der Waals surface area (Å²) in [6.07, 6.45) is 0.395. The lowest BCUT2D eigenvalue weighted by molar-refractivity contribution is -0.223. The van der Waals surface area contributed by atoms with Crippen molar-refractivity contribution in [2.24, 2.45) is 5.41 Å². The van der Waals surface area contributed by atoms with E-state index in [0.717, 1.165) is 0 Å². The Morgan fingerprint density at radius 2 is 1.79 bits per heavy atom. The number of amides is 1. The second-order valence-electron chi connectivity index (χ2n) is 4.26. The van der Waals surface area contributed by atoms with Crippen LogP contribution in [-0.4, -0.2) is 40.2 Å². The van der Waals surface area contributed by atoms with Crippen LogP contribution in [0.15, 0.2) is 0 Å². The molecule has 0 atom stereocenters. The van der Waals surface area contributed by atoms with Gasteiger partial charge in [-0.05, 0) is 6.42 Å². The molecule has 5 heteroatoms. The van der Waals surface area contributed by atoms with E-state index < -0.39 is 17.1 Å². The van der Waals surface area contributed by atoms with Gasteiger partial charge in [-0.15, -0.1) is 0 Å². The molecule has 1 amide bonds. The first-order valence-electron chi connectivity index (χ1n) is 4.57. The van der Waals surface area contributed by atoms with Gasteiger partial charge in [-0.3, -0.25) is 4.79 Å². The maximum atomic E-state index is 11.3. The summed E-state index contributed by atoms with van der Waals surface area (Å²) in [5, 5.41) is 29.8. The minimum atomic E-state index is -2.39. The van der Waals surface area contributed by atoms with Gasteiger partial charge in [0.1, 0.15) is 0 Å². The van der Waals surface area contributed by atoms with Crippen LogP contribution < -0.4 is 5.32 Å². The maximum absolute atomic E-state index is 11.3. The van der Waals surface area contributed by atoms with Crippen LogP contribution in [0.4, 0.5) is 0 Å². The third kappa shape index (κ3) is 3.25. The average Bonchev–Trinajstić information content (AvgIpc) is 2.02. The second kappa shape index (κ2) is 4.72. The fourth-order valence-corrected chi connectivity index (χ4v) is 0.745. The quantitative estimate of drug-likeness (QED) is 0.358. The SMILES string of the molecule is CC(C)(C)C(O)(O)C(=O)NCCCO. The van der Waals surface area contributed by atoms with Gasteiger partial charge in [-0.2, -0.15) is 0 Å². The largest absolute Gasteiger partial charge is 0.396 e. The molecule has 0 aromatic carbocycles. The molecule has 0 saturated heterocycles. The molecule has 0 aliphatic heterocycles. The fourth-order valence-electron chi connectivity index (χ4n) is 0.745. The third-order valence-electron chi connectivity index (χ3n) is 1.98. The number of carbonyl (C=O) groups excluding carboxylic acids is 1. The third-order valence-corrected chi connectivity index (χ3v) is 1.98. The minimum Gasteiger partial charge on any atom is -0.396 e. The topological polar surface area (TPSA) is 89.8 Å². The van der Waals surface area contributed by atoms with E-state index in [1.54, 1.807) is 20.8 Å². The number of hydrogen-bond acceptors (Lipinski definition) is 4. The first kappa shape index (κ1) is 13.4. The summed E-state index contributed by atoms with van der Waals surface area (Å²) in [6.45, 7) is 4.85. The van der Waals surface area contributed by atoms with Crippen LogP contribution in [0.2, 0.25) is 0 Å². The Balaban J connectivity index is 4.23. The van der Waals surface area contributed by atoms with Gasteiger partial charge in [0.2, 0.25) is 5.79 Å². The van der Waals surface area contributed by atoms with E-state index in [4.69, 9.17) is 5.11 Å². The smallest absolute Gasteiger partial charge is 0.280 e. The molecule has 0 spiro atoms. The maximum Gasteiger partial charge on any atom is 0.280 e. The van der Waals surface area contributed by atoms with Gasteiger partial charge in [0.05, 0.1) is 0 Å². The fraction of sp³-hybridized carbons (Fsp3) is 0.889. The number of rotatable bonds is 4. The molecule has 0 bridgehead atoms. The molecule has 0 aromatic rings. The number of hydrogen-bond donors (Lipinski definition) is 4. The van der Waals surface area contributed by atoms with E-state index in [0.29, 0.717) is 6.42 Å². The average molecular weight is 205 g/mol. The summed E-state index contributed by atoms with van der Waals surface area (Å²) < 4.78 is 0. The van der Waals surface area contributed by atoms with Gasteiger partial charge in [0, 0.05) is 18.6 Å². The monoisotopic (exact) mass is 205 g/mol. The first-order chi connectivity index (χ1) is 6.23. The summed E-state index contributed by atoms with van der Waals surface area (Å²) in [6, 6.07) is 0. The number of aliphatic hydroxyl groups excluding tert-OH is 1. The Bertz CT molecular complexity index is 195. The molecular weight excluding hydrogens is 186 g/mol. The van der Waals surface area contributed by atoms with Crippen LogP contribution >= 0.6 is 0 Å². The van der Waals surface area contributed by atoms with E-state index >= 15 is 0 Å². The van der Waals surface area contributed by atoms with E-state index in [1.165, 1.54) is 0 Å². The van der Waals surface area contributed by atoms with E-state index in [1.807, 2.05) is 0 Å². The summed E-state index contributed by atoms with van der Waals surface area (Å²) >= 11 is 0. The normalized spacial score (nSPS) is 12.7. The summed E-state index contributed by atoms with van der Waals surface area (Å²) in [5.41, 5.74) is -0.948. The van der Waals surface area contributed by atoms with Crippen LogP contribution in [-0.2, 0) is 4.79 Å². The zero-order chi connectivity index (χ0) is 11.4. The first-order valence-corrected chi connectivity index (χ1v) is 4.57. The molecule has 0 radical (unpaired) electrons. The highest BCUT2D eigenvalue weighted by Gasteiger charge is 2.45. The van der Waals surface area contributed by atoms with Gasteiger partial charge < -0.3 is 20.6 Å². The summed E-state index contributed by atoms with van der Waals surface area (Å²) in [4.78, 5) is 11.3. The van der Waals surface area contributed by atoms with Gasteiger partial charge in [0.15, 0.2) is 0 Å². The van der Waals surface area contributed by atoms with Gasteiger partial charge in [-0.25, -0.2) is 0 Å². The molecule has 0 unspecified atom stereocenters. The standard InChI is InChI=1S/C9H19NO4/c1-8(2,3)9(13,14)7(12)10-5-4-6-11/h11,13-14H,4-6H2,1-3H3,(H,10,12). The molecule has 14 heavy (non-hydrogen) atoms. The predicted octanol–water partition coefficient (Wildman–Crippen LogP) is -0.788. The number of aliphatic hydroxyl groups is 3. The van der Waals surface area contributed by atoms with Crippen molar-refractivity contribution in [3.8, 4) is 0 Å². The van der Waals surface area contributed by atoms with Gasteiger partial charge in [-0.1, -0.05) is 20.8 Å². The zero-order valence-electron chi connectivity index (χ0n) is 8.87.